The van der Waals surface area contributed by atoms with Crippen LogP contribution in [0.3, 0.4) is 0 Å². The van der Waals surface area contributed by atoms with Gasteiger partial charge in [0.1, 0.15) is 0 Å². The van der Waals surface area contributed by atoms with Crippen LogP contribution < -0.4 is 4.72 Å². The second-order valence-electron chi connectivity index (χ2n) is 5.99. The number of carbonyl (C=O) groups excluding carboxylic acids is 1. The van der Waals surface area contributed by atoms with Gasteiger partial charge in [-0.3, -0.25) is 9.36 Å². The van der Waals surface area contributed by atoms with E-state index in [1.165, 1.54) is 35.8 Å². The Bertz CT molecular complexity index is 1150. The molecule has 3 rings (SSSR count). The number of hydrogen-bond acceptors (Lipinski definition) is 6. The number of carbonyl (C=O) groups is 1. The first-order valence-electron chi connectivity index (χ1n) is 8.26. The van der Waals surface area contributed by atoms with Crippen molar-refractivity contribution >= 4 is 27.3 Å². The first kappa shape index (κ1) is 21.0. The molecule has 0 atom stereocenters. The summed E-state index contributed by atoms with van der Waals surface area (Å²) in [6.07, 6.45) is -3.84. The predicted molar refractivity (Wildman–Crippen MR) is 100 cm³/mol. The van der Waals surface area contributed by atoms with E-state index >= 15 is 0 Å². The van der Waals surface area contributed by atoms with Crippen molar-refractivity contribution in [2.75, 3.05) is 0 Å². The van der Waals surface area contributed by atoms with E-state index in [1.807, 2.05) is 4.72 Å². The Kier molecular flexibility index (Phi) is 5.50. The number of benzene rings is 1. The Morgan fingerprint density at radius 3 is 2.38 bits per heavy atom. The highest BCUT2D eigenvalue weighted by atomic mass is 32.2. The van der Waals surface area contributed by atoms with Crippen LogP contribution in [0.1, 0.15) is 24.7 Å². The molecule has 0 aliphatic carbocycles. The molecular formula is C17H15F3N4O3S2. The van der Waals surface area contributed by atoms with E-state index in [0.29, 0.717) is 10.7 Å². The molecule has 1 aromatic carbocycles. The van der Waals surface area contributed by atoms with Crippen molar-refractivity contribution in [1.82, 2.24) is 19.3 Å². The maximum absolute atomic E-state index is 13.2. The minimum absolute atomic E-state index is 0.00896. The van der Waals surface area contributed by atoms with Gasteiger partial charge in [-0.2, -0.15) is 13.2 Å². The first-order chi connectivity index (χ1) is 13.5. The Labute approximate surface area is 168 Å². The maximum atomic E-state index is 13.2. The molecule has 2 aromatic heterocycles. The van der Waals surface area contributed by atoms with Crippen LogP contribution in [0.4, 0.5) is 13.2 Å². The fourth-order valence-corrected chi connectivity index (χ4v) is 4.23. The molecule has 0 bridgehead atoms. The van der Waals surface area contributed by atoms with Crippen molar-refractivity contribution in [3.63, 3.8) is 0 Å². The van der Waals surface area contributed by atoms with Crippen LogP contribution in [0.25, 0.3) is 16.5 Å². The highest BCUT2D eigenvalue weighted by Crippen LogP contribution is 2.33. The lowest BCUT2D eigenvalue weighted by molar-refractivity contribution is -0.140. The van der Waals surface area contributed by atoms with Gasteiger partial charge in [0.15, 0.2) is 16.5 Å². The number of rotatable bonds is 5. The molecule has 0 saturated carbocycles. The van der Waals surface area contributed by atoms with Gasteiger partial charge in [0, 0.05) is 29.4 Å². The average Bonchev–Trinajstić information content (AvgIpc) is 3.27. The van der Waals surface area contributed by atoms with Gasteiger partial charge < -0.3 is 0 Å². The highest BCUT2D eigenvalue weighted by molar-refractivity contribution is 7.90. The molecule has 29 heavy (non-hydrogen) atoms. The Morgan fingerprint density at radius 1 is 1.21 bits per heavy atom. The van der Waals surface area contributed by atoms with Crippen LogP contribution in [-0.2, 0) is 21.0 Å². The minimum Gasteiger partial charge on any atom is -0.297 e. The van der Waals surface area contributed by atoms with Crippen molar-refractivity contribution in [1.29, 1.82) is 0 Å². The number of nitrogens with zero attached hydrogens (tertiary/aromatic N) is 3. The first-order valence-corrected chi connectivity index (χ1v) is 10.6. The fraction of sp³-hybridized carbons (Fsp3) is 0.235. The summed E-state index contributed by atoms with van der Waals surface area (Å²) in [6.45, 7) is 3.22. The molecular weight excluding hydrogens is 429 g/mol. The molecule has 154 valence electrons. The second kappa shape index (κ2) is 7.59. The van der Waals surface area contributed by atoms with Gasteiger partial charge in [-0.25, -0.2) is 23.1 Å². The Hall–Kier alpha value is -2.73. The van der Waals surface area contributed by atoms with Crippen LogP contribution in [0.2, 0.25) is 0 Å². The monoisotopic (exact) mass is 444 g/mol. The van der Waals surface area contributed by atoms with Crippen molar-refractivity contribution in [2.45, 2.75) is 31.3 Å². The lowest BCUT2D eigenvalue weighted by Crippen LogP contribution is -2.29. The molecule has 3 aromatic rings. The van der Waals surface area contributed by atoms with E-state index in [-0.39, 0.29) is 22.8 Å². The molecule has 0 aliphatic rings. The molecule has 0 fully saturated rings. The third kappa shape index (κ3) is 4.48. The summed E-state index contributed by atoms with van der Waals surface area (Å²) >= 11 is 1.15. The van der Waals surface area contributed by atoms with Gasteiger partial charge in [-0.05, 0) is 31.2 Å². The van der Waals surface area contributed by atoms with E-state index in [4.69, 9.17) is 0 Å². The smallest absolute Gasteiger partial charge is 0.297 e. The molecule has 0 spiro atoms. The van der Waals surface area contributed by atoms with Crippen LogP contribution in [-0.4, -0.2) is 28.9 Å². The Balaban J connectivity index is 2.04. The highest BCUT2D eigenvalue weighted by Gasteiger charge is 2.35. The van der Waals surface area contributed by atoms with E-state index in [1.54, 1.807) is 12.3 Å². The molecule has 7 nitrogen and oxygen atoms in total. The number of amides is 1. The van der Waals surface area contributed by atoms with Crippen molar-refractivity contribution in [2.24, 2.45) is 0 Å². The topological polar surface area (TPSA) is 94.0 Å². The van der Waals surface area contributed by atoms with Gasteiger partial charge in [0.05, 0.1) is 4.90 Å². The zero-order valence-electron chi connectivity index (χ0n) is 15.2. The largest absolute Gasteiger partial charge is 0.434 e. The van der Waals surface area contributed by atoms with E-state index < -0.39 is 27.8 Å². The Morgan fingerprint density at radius 2 is 1.86 bits per heavy atom. The summed E-state index contributed by atoms with van der Waals surface area (Å²) in [4.78, 5) is 19.0. The van der Waals surface area contributed by atoms with Crippen LogP contribution in [0, 0.1) is 6.92 Å². The summed E-state index contributed by atoms with van der Waals surface area (Å²) in [5, 5.41) is 1.98. The minimum atomic E-state index is -4.65. The lowest BCUT2D eigenvalue weighted by Gasteiger charge is -2.09. The number of aromatic nitrogens is 3. The van der Waals surface area contributed by atoms with E-state index in [0.717, 1.165) is 17.5 Å². The molecule has 0 saturated heterocycles. The van der Waals surface area contributed by atoms with Gasteiger partial charge in [-0.15, -0.1) is 11.3 Å². The maximum Gasteiger partial charge on any atom is 0.434 e. The molecule has 1 amide bonds. The molecule has 0 unspecified atom stereocenters. The van der Waals surface area contributed by atoms with Gasteiger partial charge >= 0.3 is 6.18 Å². The summed E-state index contributed by atoms with van der Waals surface area (Å²) in [6, 6.07) is 5.06. The average molecular weight is 444 g/mol. The number of nitrogens with one attached hydrogen (secondary N) is 1. The molecule has 1 N–H and O–H groups in total. The second-order valence-corrected chi connectivity index (χ2v) is 8.53. The summed E-state index contributed by atoms with van der Waals surface area (Å²) < 4.78 is 67.0. The molecule has 0 aliphatic heterocycles. The van der Waals surface area contributed by atoms with Crippen molar-refractivity contribution in [3.05, 3.63) is 47.2 Å². The van der Waals surface area contributed by atoms with Gasteiger partial charge in [-0.1, -0.05) is 6.92 Å². The molecule has 2 heterocycles. The number of halogens is 3. The number of aryl methyl sites for hydroxylation is 1. The SMILES string of the molecule is CCC(=O)NS(=O)(=O)c1ccc(-n2cc(C(F)(F)F)nc2-c2nc(C)cs2)cc1. The van der Waals surface area contributed by atoms with Crippen LogP contribution in [0.5, 0.6) is 0 Å². The number of hydrogen-bond donors (Lipinski definition) is 1. The van der Waals surface area contributed by atoms with Crippen LogP contribution >= 0.6 is 11.3 Å². The quantitative estimate of drug-likeness (QED) is 0.650. The third-order valence-electron chi connectivity index (χ3n) is 3.80. The predicted octanol–water partition coefficient (Wildman–Crippen LogP) is 3.54. The van der Waals surface area contributed by atoms with E-state index in [9.17, 15) is 26.4 Å². The zero-order valence-corrected chi connectivity index (χ0v) is 16.8. The van der Waals surface area contributed by atoms with Gasteiger partial charge in [0.2, 0.25) is 5.91 Å². The molecule has 12 heteroatoms. The number of alkyl halides is 3. The van der Waals surface area contributed by atoms with Gasteiger partial charge in [0.25, 0.3) is 10.0 Å². The molecule has 0 radical (unpaired) electrons. The van der Waals surface area contributed by atoms with Crippen molar-refractivity contribution < 1.29 is 26.4 Å². The third-order valence-corrected chi connectivity index (χ3v) is 6.15. The summed E-state index contributed by atoms with van der Waals surface area (Å²) in [5.41, 5.74) is -0.190. The summed E-state index contributed by atoms with van der Waals surface area (Å²) in [7, 11) is -4.06. The van der Waals surface area contributed by atoms with E-state index in [2.05, 4.69) is 9.97 Å². The normalized spacial score (nSPS) is 12.2. The van der Waals surface area contributed by atoms with Crippen LogP contribution in [0.15, 0.2) is 40.7 Å². The zero-order chi connectivity index (χ0) is 21.4. The van der Waals surface area contributed by atoms with Crippen molar-refractivity contribution in [3.8, 4) is 16.5 Å². The standard InChI is InChI=1S/C17H15F3N4O3S2/c1-3-14(25)23-29(26,27)12-6-4-11(5-7-12)24-8-13(17(18,19)20)22-15(24)16-21-10(2)9-28-16/h4-9H,3H2,1-2H3,(H,23,25). The fourth-order valence-electron chi connectivity index (χ4n) is 2.39. The lowest BCUT2D eigenvalue weighted by atomic mass is 10.3. The number of imidazole rings is 1. The number of thiazole rings is 1. The number of sulfonamides is 1. The summed E-state index contributed by atoms with van der Waals surface area (Å²) in [5.74, 6) is -0.676.